The van der Waals surface area contributed by atoms with Crippen LogP contribution in [0.4, 0.5) is 0 Å². The monoisotopic (exact) mass is 272 g/mol. The van der Waals surface area contributed by atoms with Crippen molar-refractivity contribution in [3.63, 3.8) is 0 Å². The van der Waals surface area contributed by atoms with Gasteiger partial charge in [-0.1, -0.05) is 0 Å². The smallest absolute Gasteiger partial charge is 0.149 e. The van der Waals surface area contributed by atoms with Crippen molar-refractivity contribution in [2.45, 2.75) is 45.3 Å². The van der Waals surface area contributed by atoms with Crippen LogP contribution in [-0.4, -0.2) is 41.2 Å². The Kier molecular flexibility index (Phi) is 3.72. The summed E-state index contributed by atoms with van der Waals surface area (Å²) in [5.74, 6) is 2.08. The van der Waals surface area contributed by atoms with Gasteiger partial charge in [-0.05, 0) is 20.3 Å². The lowest BCUT2D eigenvalue weighted by molar-refractivity contribution is 0.467. The molecular weight excluding hydrogens is 252 g/mol. The van der Waals surface area contributed by atoms with E-state index >= 15 is 0 Å². The SMILES string of the molecule is CC(CS(C)(=O)=O)NC(C)c1nnc2n1CCC2. The highest BCUT2D eigenvalue weighted by molar-refractivity contribution is 7.90. The molecule has 1 N–H and O–H groups in total. The standard InChI is InChI=1S/C11H20N4O2S/c1-8(7-18(3,16)17)12-9(2)11-14-13-10-5-4-6-15(10)11/h8-9,12H,4-7H2,1-3H3. The average Bonchev–Trinajstić information content (AvgIpc) is 2.72. The van der Waals surface area contributed by atoms with Gasteiger partial charge < -0.3 is 9.88 Å². The van der Waals surface area contributed by atoms with Crippen LogP contribution in [0.1, 0.15) is 38.0 Å². The summed E-state index contributed by atoms with van der Waals surface area (Å²) >= 11 is 0. The first-order valence-corrected chi connectivity index (χ1v) is 8.28. The summed E-state index contributed by atoms with van der Waals surface area (Å²) in [6.07, 6.45) is 3.35. The van der Waals surface area contributed by atoms with Gasteiger partial charge in [-0.2, -0.15) is 0 Å². The molecule has 2 unspecified atom stereocenters. The molecule has 0 fully saturated rings. The van der Waals surface area contributed by atoms with Gasteiger partial charge >= 0.3 is 0 Å². The number of aromatic nitrogens is 3. The van der Waals surface area contributed by atoms with E-state index in [9.17, 15) is 8.42 Å². The van der Waals surface area contributed by atoms with Crippen molar-refractivity contribution in [2.75, 3.05) is 12.0 Å². The maximum atomic E-state index is 11.2. The van der Waals surface area contributed by atoms with Crippen molar-refractivity contribution in [3.05, 3.63) is 11.6 Å². The topological polar surface area (TPSA) is 76.9 Å². The highest BCUT2D eigenvalue weighted by atomic mass is 32.2. The van der Waals surface area contributed by atoms with Crippen LogP contribution in [0, 0.1) is 0 Å². The molecule has 1 aliphatic heterocycles. The van der Waals surface area contributed by atoms with Gasteiger partial charge in [0, 0.05) is 25.3 Å². The van der Waals surface area contributed by atoms with E-state index in [0.717, 1.165) is 31.0 Å². The summed E-state index contributed by atoms with van der Waals surface area (Å²) < 4.78 is 24.6. The van der Waals surface area contributed by atoms with Gasteiger partial charge in [0.25, 0.3) is 0 Å². The lowest BCUT2D eigenvalue weighted by Crippen LogP contribution is -2.35. The zero-order valence-corrected chi connectivity index (χ0v) is 11.9. The van der Waals surface area contributed by atoms with Crippen LogP contribution in [0.15, 0.2) is 0 Å². The molecule has 102 valence electrons. The summed E-state index contributed by atoms with van der Waals surface area (Å²) in [5, 5.41) is 11.6. The Hall–Kier alpha value is -0.950. The third kappa shape index (κ3) is 3.08. The van der Waals surface area contributed by atoms with Gasteiger partial charge in [0.1, 0.15) is 21.5 Å². The minimum absolute atomic E-state index is 0.0149. The van der Waals surface area contributed by atoms with Crippen molar-refractivity contribution in [2.24, 2.45) is 0 Å². The van der Waals surface area contributed by atoms with Gasteiger partial charge in [0.15, 0.2) is 0 Å². The fourth-order valence-corrected chi connectivity index (χ4v) is 3.50. The first kappa shape index (κ1) is 13.5. The number of sulfone groups is 1. The summed E-state index contributed by atoms with van der Waals surface area (Å²) in [6, 6.07) is -0.0783. The third-order valence-corrected chi connectivity index (χ3v) is 4.22. The van der Waals surface area contributed by atoms with Crippen LogP contribution in [0.25, 0.3) is 0 Å². The highest BCUT2D eigenvalue weighted by Gasteiger charge is 2.22. The molecule has 0 aliphatic carbocycles. The summed E-state index contributed by atoms with van der Waals surface area (Å²) in [7, 11) is -2.95. The molecule has 0 saturated heterocycles. The molecule has 2 rings (SSSR count). The van der Waals surface area contributed by atoms with E-state index in [1.165, 1.54) is 6.26 Å². The van der Waals surface area contributed by atoms with Crippen LogP contribution in [0.2, 0.25) is 0 Å². The molecule has 2 heterocycles. The van der Waals surface area contributed by atoms with Crippen molar-refractivity contribution >= 4 is 9.84 Å². The molecule has 1 aromatic heterocycles. The number of hydrogen-bond donors (Lipinski definition) is 1. The highest BCUT2D eigenvalue weighted by Crippen LogP contribution is 2.19. The maximum Gasteiger partial charge on any atom is 0.149 e. The maximum absolute atomic E-state index is 11.2. The average molecular weight is 272 g/mol. The zero-order chi connectivity index (χ0) is 13.3. The molecule has 0 spiro atoms. The first-order valence-electron chi connectivity index (χ1n) is 6.22. The number of fused-ring (bicyclic) bond motifs is 1. The number of nitrogens with one attached hydrogen (secondary N) is 1. The Morgan fingerprint density at radius 3 is 2.78 bits per heavy atom. The second-order valence-corrected chi connectivity index (χ2v) is 7.30. The molecule has 0 bridgehead atoms. The molecule has 0 radical (unpaired) electrons. The van der Waals surface area contributed by atoms with E-state index in [4.69, 9.17) is 0 Å². The molecule has 6 nitrogen and oxygen atoms in total. The van der Waals surface area contributed by atoms with Gasteiger partial charge in [0.2, 0.25) is 0 Å². The Balaban J connectivity index is 2.01. The molecule has 0 amide bonds. The number of nitrogens with zero attached hydrogens (tertiary/aromatic N) is 3. The van der Waals surface area contributed by atoms with E-state index in [2.05, 4.69) is 20.1 Å². The Bertz CT molecular complexity index is 523. The predicted octanol–water partition coefficient (Wildman–Crippen LogP) is 0.308. The zero-order valence-electron chi connectivity index (χ0n) is 11.0. The predicted molar refractivity (Wildman–Crippen MR) is 69.1 cm³/mol. The molecule has 18 heavy (non-hydrogen) atoms. The molecule has 7 heteroatoms. The Morgan fingerprint density at radius 1 is 1.39 bits per heavy atom. The second kappa shape index (κ2) is 4.97. The van der Waals surface area contributed by atoms with Crippen LogP contribution in [0.3, 0.4) is 0 Å². The molecular formula is C11H20N4O2S. The molecule has 2 atom stereocenters. The van der Waals surface area contributed by atoms with Gasteiger partial charge in [-0.15, -0.1) is 10.2 Å². The molecule has 1 aromatic rings. The lowest BCUT2D eigenvalue weighted by atomic mass is 10.2. The van der Waals surface area contributed by atoms with Gasteiger partial charge in [0.05, 0.1) is 11.8 Å². The minimum Gasteiger partial charge on any atom is -0.314 e. The van der Waals surface area contributed by atoms with E-state index in [1.807, 2.05) is 13.8 Å². The summed E-state index contributed by atoms with van der Waals surface area (Å²) in [6.45, 7) is 4.83. The molecule has 0 aromatic carbocycles. The minimum atomic E-state index is -2.95. The van der Waals surface area contributed by atoms with E-state index in [1.54, 1.807) is 0 Å². The van der Waals surface area contributed by atoms with Crippen molar-refractivity contribution < 1.29 is 8.42 Å². The van der Waals surface area contributed by atoms with Gasteiger partial charge in [-0.3, -0.25) is 0 Å². The van der Waals surface area contributed by atoms with Crippen molar-refractivity contribution in [1.29, 1.82) is 0 Å². The third-order valence-electron chi connectivity index (χ3n) is 3.11. The first-order chi connectivity index (χ1) is 8.37. The Morgan fingerprint density at radius 2 is 2.11 bits per heavy atom. The normalized spacial score (nSPS) is 18.6. The van der Waals surface area contributed by atoms with E-state index < -0.39 is 9.84 Å². The summed E-state index contributed by atoms with van der Waals surface area (Å²) in [5.41, 5.74) is 0. The quantitative estimate of drug-likeness (QED) is 0.834. The summed E-state index contributed by atoms with van der Waals surface area (Å²) in [4.78, 5) is 0. The van der Waals surface area contributed by atoms with E-state index in [-0.39, 0.29) is 17.8 Å². The van der Waals surface area contributed by atoms with Gasteiger partial charge in [-0.25, -0.2) is 8.42 Å². The van der Waals surface area contributed by atoms with Crippen molar-refractivity contribution in [1.82, 2.24) is 20.1 Å². The fraction of sp³-hybridized carbons (Fsp3) is 0.818. The van der Waals surface area contributed by atoms with Crippen LogP contribution in [0.5, 0.6) is 0 Å². The van der Waals surface area contributed by atoms with Crippen LogP contribution in [-0.2, 0) is 22.8 Å². The second-order valence-electron chi connectivity index (χ2n) is 5.11. The number of aryl methyl sites for hydroxylation is 1. The Labute approximate surface area is 108 Å². The van der Waals surface area contributed by atoms with Crippen molar-refractivity contribution in [3.8, 4) is 0 Å². The van der Waals surface area contributed by atoms with Crippen LogP contribution >= 0.6 is 0 Å². The molecule has 1 aliphatic rings. The lowest BCUT2D eigenvalue weighted by Gasteiger charge is -2.19. The number of hydrogen-bond acceptors (Lipinski definition) is 5. The fourth-order valence-electron chi connectivity index (χ4n) is 2.50. The van der Waals surface area contributed by atoms with Crippen LogP contribution < -0.4 is 5.32 Å². The number of rotatable bonds is 5. The largest absolute Gasteiger partial charge is 0.314 e. The molecule has 0 saturated carbocycles. The van der Waals surface area contributed by atoms with E-state index in [0.29, 0.717) is 0 Å².